The zero-order valence-electron chi connectivity index (χ0n) is 10.1. The first-order chi connectivity index (χ1) is 8.08. The van der Waals surface area contributed by atoms with Crippen LogP contribution in [0.4, 0.5) is 5.82 Å². The van der Waals surface area contributed by atoms with Gasteiger partial charge in [-0.3, -0.25) is 4.98 Å². The molecule has 0 amide bonds. The zero-order valence-corrected chi connectivity index (χ0v) is 10.1. The minimum absolute atomic E-state index is 0.00734. The Morgan fingerprint density at radius 1 is 1.41 bits per heavy atom. The van der Waals surface area contributed by atoms with E-state index in [2.05, 4.69) is 28.7 Å². The molecule has 5 heteroatoms. The van der Waals surface area contributed by atoms with E-state index in [4.69, 9.17) is 5.11 Å². The standard InChI is InChI=1S/C12H17N3O2/c1-8-3-4-9(2)15(7-8)11-6-13-5-10(14-11)12(16)17/h5-6,8-9H,3-4,7H2,1-2H3,(H,16,17). The number of carboxylic acids is 1. The lowest BCUT2D eigenvalue weighted by molar-refractivity contribution is 0.0690. The SMILES string of the molecule is CC1CCC(C)N(c2cncc(C(=O)O)n2)C1. The predicted molar refractivity (Wildman–Crippen MR) is 64.2 cm³/mol. The molecular formula is C12H17N3O2. The van der Waals surface area contributed by atoms with Crippen molar-refractivity contribution in [1.82, 2.24) is 9.97 Å². The third kappa shape index (κ3) is 2.54. The van der Waals surface area contributed by atoms with Crippen LogP contribution in [0, 0.1) is 5.92 Å². The van der Waals surface area contributed by atoms with Gasteiger partial charge < -0.3 is 10.0 Å². The van der Waals surface area contributed by atoms with E-state index in [9.17, 15) is 4.79 Å². The van der Waals surface area contributed by atoms with Gasteiger partial charge in [0.15, 0.2) is 5.69 Å². The third-order valence-electron chi connectivity index (χ3n) is 3.25. The molecule has 92 valence electrons. The van der Waals surface area contributed by atoms with Crippen LogP contribution in [-0.2, 0) is 0 Å². The fraction of sp³-hybridized carbons (Fsp3) is 0.583. The van der Waals surface area contributed by atoms with Gasteiger partial charge in [0.05, 0.1) is 12.4 Å². The summed E-state index contributed by atoms with van der Waals surface area (Å²) in [5, 5.41) is 8.90. The van der Waals surface area contributed by atoms with Crippen molar-refractivity contribution in [2.45, 2.75) is 32.7 Å². The minimum atomic E-state index is -1.03. The van der Waals surface area contributed by atoms with Gasteiger partial charge in [-0.15, -0.1) is 0 Å². The number of aromatic nitrogens is 2. The summed E-state index contributed by atoms with van der Waals surface area (Å²) in [6, 6.07) is 0.393. The summed E-state index contributed by atoms with van der Waals surface area (Å²) in [5.41, 5.74) is 0.00734. The number of carbonyl (C=O) groups is 1. The van der Waals surface area contributed by atoms with Crippen LogP contribution >= 0.6 is 0 Å². The zero-order chi connectivity index (χ0) is 12.4. The van der Waals surface area contributed by atoms with E-state index in [1.54, 1.807) is 6.20 Å². The van der Waals surface area contributed by atoms with Gasteiger partial charge in [-0.05, 0) is 25.7 Å². The van der Waals surface area contributed by atoms with Gasteiger partial charge in [0.1, 0.15) is 5.82 Å². The molecule has 0 saturated carbocycles. The van der Waals surface area contributed by atoms with Crippen molar-refractivity contribution in [3.8, 4) is 0 Å². The first-order valence-electron chi connectivity index (χ1n) is 5.90. The Labute approximate surface area is 100 Å². The lowest BCUT2D eigenvalue weighted by Crippen LogP contribution is -2.41. The average Bonchev–Trinajstić information content (AvgIpc) is 2.32. The fourth-order valence-corrected chi connectivity index (χ4v) is 2.21. The van der Waals surface area contributed by atoms with Crippen molar-refractivity contribution < 1.29 is 9.90 Å². The van der Waals surface area contributed by atoms with Crippen LogP contribution in [0.25, 0.3) is 0 Å². The molecule has 0 bridgehead atoms. The van der Waals surface area contributed by atoms with Gasteiger partial charge in [-0.1, -0.05) is 6.92 Å². The molecule has 1 N–H and O–H groups in total. The number of piperidine rings is 1. The highest BCUT2D eigenvalue weighted by atomic mass is 16.4. The fourth-order valence-electron chi connectivity index (χ4n) is 2.21. The van der Waals surface area contributed by atoms with Crippen molar-refractivity contribution in [1.29, 1.82) is 0 Å². The maximum atomic E-state index is 10.9. The molecule has 0 spiro atoms. The molecule has 1 aliphatic rings. The highest BCUT2D eigenvalue weighted by Gasteiger charge is 2.24. The van der Waals surface area contributed by atoms with E-state index in [-0.39, 0.29) is 5.69 Å². The third-order valence-corrected chi connectivity index (χ3v) is 3.25. The summed E-state index contributed by atoms with van der Waals surface area (Å²) in [6.45, 7) is 5.26. The Hall–Kier alpha value is -1.65. The summed E-state index contributed by atoms with van der Waals surface area (Å²) in [4.78, 5) is 21.1. The predicted octanol–water partition coefficient (Wildman–Crippen LogP) is 1.80. The van der Waals surface area contributed by atoms with Gasteiger partial charge >= 0.3 is 5.97 Å². The maximum Gasteiger partial charge on any atom is 0.356 e. The topological polar surface area (TPSA) is 66.3 Å². The number of hydrogen-bond acceptors (Lipinski definition) is 4. The second kappa shape index (κ2) is 4.69. The highest BCUT2D eigenvalue weighted by Crippen LogP contribution is 2.25. The summed E-state index contributed by atoms with van der Waals surface area (Å²) in [7, 11) is 0. The molecule has 1 aliphatic heterocycles. The summed E-state index contributed by atoms with van der Waals surface area (Å²) in [6.07, 6.45) is 5.24. The van der Waals surface area contributed by atoms with Gasteiger partial charge in [0.25, 0.3) is 0 Å². The number of aromatic carboxylic acids is 1. The lowest BCUT2D eigenvalue weighted by atomic mass is 9.95. The molecule has 1 aromatic rings. The molecule has 2 heterocycles. The Bertz CT molecular complexity index is 422. The molecule has 0 aliphatic carbocycles. The van der Waals surface area contributed by atoms with Crippen molar-refractivity contribution in [3.63, 3.8) is 0 Å². The van der Waals surface area contributed by atoms with E-state index in [1.165, 1.54) is 12.6 Å². The number of carboxylic acid groups (broad SMARTS) is 1. The Kier molecular flexibility index (Phi) is 3.26. The molecule has 2 unspecified atom stereocenters. The van der Waals surface area contributed by atoms with Gasteiger partial charge in [0.2, 0.25) is 0 Å². The molecule has 1 fully saturated rings. The molecule has 17 heavy (non-hydrogen) atoms. The van der Waals surface area contributed by atoms with Crippen molar-refractivity contribution in [2.24, 2.45) is 5.92 Å². The van der Waals surface area contributed by atoms with E-state index in [1.807, 2.05) is 0 Å². The number of rotatable bonds is 2. The van der Waals surface area contributed by atoms with Gasteiger partial charge in [-0.2, -0.15) is 0 Å². The molecule has 0 aromatic carbocycles. The van der Waals surface area contributed by atoms with Crippen molar-refractivity contribution in [3.05, 3.63) is 18.1 Å². The van der Waals surface area contributed by atoms with E-state index in [0.29, 0.717) is 17.8 Å². The van der Waals surface area contributed by atoms with E-state index in [0.717, 1.165) is 13.0 Å². The van der Waals surface area contributed by atoms with Crippen LogP contribution < -0.4 is 4.90 Å². The van der Waals surface area contributed by atoms with Crippen LogP contribution in [0.1, 0.15) is 37.2 Å². The van der Waals surface area contributed by atoms with E-state index < -0.39 is 5.97 Å². The lowest BCUT2D eigenvalue weighted by Gasteiger charge is -2.37. The first-order valence-corrected chi connectivity index (χ1v) is 5.90. The van der Waals surface area contributed by atoms with Crippen molar-refractivity contribution >= 4 is 11.8 Å². The molecule has 1 aromatic heterocycles. The first kappa shape index (κ1) is 11.8. The largest absolute Gasteiger partial charge is 0.476 e. The van der Waals surface area contributed by atoms with Gasteiger partial charge in [0, 0.05) is 12.6 Å². The average molecular weight is 235 g/mol. The molecule has 2 atom stereocenters. The molecule has 2 rings (SSSR count). The minimum Gasteiger partial charge on any atom is -0.476 e. The van der Waals surface area contributed by atoms with Crippen molar-refractivity contribution in [2.75, 3.05) is 11.4 Å². The molecule has 1 saturated heterocycles. The normalized spacial score (nSPS) is 24.7. The molecule has 5 nitrogen and oxygen atoms in total. The van der Waals surface area contributed by atoms with E-state index >= 15 is 0 Å². The van der Waals surface area contributed by atoms with Crippen LogP contribution in [0.5, 0.6) is 0 Å². The summed E-state index contributed by atoms with van der Waals surface area (Å²) in [5.74, 6) is 0.252. The second-order valence-electron chi connectivity index (χ2n) is 4.75. The maximum absolute atomic E-state index is 10.9. The monoisotopic (exact) mass is 235 g/mol. The smallest absolute Gasteiger partial charge is 0.356 e. The number of hydrogen-bond donors (Lipinski definition) is 1. The molecule has 0 radical (unpaired) electrons. The van der Waals surface area contributed by atoms with Crippen LogP contribution in [0.15, 0.2) is 12.4 Å². The molecular weight excluding hydrogens is 218 g/mol. The number of anilines is 1. The Balaban J connectivity index is 2.26. The second-order valence-corrected chi connectivity index (χ2v) is 4.75. The Morgan fingerprint density at radius 2 is 2.18 bits per heavy atom. The van der Waals surface area contributed by atoms with Crippen LogP contribution in [0.2, 0.25) is 0 Å². The summed E-state index contributed by atoms with van der Waals surface area (Å²) < 4.78 is 0. The highest BCUT2D eigenvalue weighted by molar-refractivity contribution is 5.85. The quantitative estimate of drug-likeness (QED) is 0.846. The number of nitrogens with zero attached hydrogens (tertiary/aromatic N) is 3. The van der Waals surface area contributed by atoms with Gasteiger partial charge in [-0.25, -0.2) is 9.78 Å². The van der Waals surface area contributed by atoms with Crippen LogP contribution in [-0.4, -0.2) is 33.6 Å². The Morgan fingerprint density at radius 3 is 2.88 bits per heavy atom. The summed E-state index contributed by atoms with van der Waals surface area (Å²) >= 11 is 0. The van der Waals surface area contributed by atoms with Crippen LogP contribution in [0.3, 0.4) is 0 Å².